The maximum absolute atomic E-state index is 6.24. The van der Waals surface area contributed by atoms with E-state index in [9.17, 15) is 0 Å². The van der Waals surface area contributed by atoms with Gasteiger partial charge in [-0.25, -0.2) is 0 Å². The van der Waals surface area contributed by atoms with E-state index in [2.05, 4.69) is 20.8 Å². The van der Waals surface area contributed by atoms with Gasteiger partial charge in [0.05, 0.1) is 0 Å². The van der Waals surface area contributed by atoms with E-state index in [0.717, 1.165) is 18.3 Å². The molecule has 0 bridgehead atoms. The molecule has 1 aliphatic rings. The predicted octanol–water partition coefficient (Wildman–Crippen LogP) is 3.05. The van der Waals surface area contributed by atoms with Gasteiger partial charge in [-0.05, 0) is 24.7 Å². The molecule has 1 heteroatoms. The third-order valence-electron chi connectivity index (χ3n) is 2.92. The minimum absolute atomic E-state index is 0.166. The molecular formula is C8H15Cl. The molecule has 0 aromatic rings. The Morgan fingerprint density at radius 2 is 2.11 bits per heavy atom. The Hall–Kier alpha value is 0.290. The highest BCUT2D eigenvalue weighted by Gasteiger charge is 2.45. The minimum Gasteiger partial charge on any atom is -0.119 e. The van der Waals surface area contributed by atoms with Gasteiger partial charge in [-0.3, -0.25) is 0 Å². The molecular weight excluding hydrogens is 132 g/mol. The van der Waals surface area contributed by atoms with Gasteiger partial charge in [-0.15, -0.1) is 11.6 Å². The second-order valence-corrected chi connectivity index (χ2v) is 4.11. The third kappa shape index (κ3) is 0.980. The Kier molecular flexibility index (Phi) is 1.77. The number of halogens is 1. The molecule has 0 radical (unpaired) electrons. The molecule has 1 fully saturated rings. The fraction of sp³-hybridized carbons (Fsp3) is 1.00. The molecule has 1 rings (SSSR count). The van der Waals surface area contributed by atoms with Crippen molar-refractivity contribution in [3.63, 3.8) is 0 Å². The van der Waals surface area contributed by atoms with Gasteiger partial charge in [0.15, 0.2) is 0 Å². The van der Waals surface area contributed by atoms with Crippen LogP contribution in [0.15, 0.2) is 0 Å². The fourth-order valence-corrected chi connectivity index (χ4v) is 2.17. The van der Waals surface area contributed by atoms with Gasteiger partial charge in [0.1, 0.15) is 0 Å². The van der Waals surface area contributed by atoms with Crippen LogP contribution in [0.4, 0.5) is 0 Å². The zero-order valence-electron chi connectivity index (χ0n) is 6.45. The SMILES string of the molecule is CCC1(Cl)CC(C)C1C. The summed E-state index contributed by atoms with van der Waals surface area (Å²) in [6.07, 6.45) is 2.34. The van der Waals surface area contributed by atoms with E-state index in [0.29, 0.717) is 0 Å². The minimum atomic E-state index is 0.166. The molecule has 0 amide bonds. The number of hydrogen-bond acceptors (Lipinski definition) is 0. The Morgan fingerprint density at radius 1 is 1.56 bits per heavy atom. The summed E-state index contributed by atoms with van der Waals surface area (Å²) in [6, 6.07) is 0. The lowest BCUT2D eigenvalue weighted by molar-refractivity contribution is 0.128. The maximum atomic E-state index is 6.24. The average molecular weight is 147 g/mol. The van der Waals surface area contributed by atoms with Crippen LogP contribution in [0.3, 0.4) is 0 Å². The highest BCUT2D eigenvalue weighted by atomic mass is 35.5. The van der Waals surface area contributed by atoms with Gasteiger partial charge < -0.3 is 0 Å². The summed E-state index contributed by atoms with van der Waals surface area (Å²) in [4.78, 5) is 0.166. The number of rotatable bonds is 1. The Balaban J connectivity index is 2.48. The van der Waals surface area contributed by atoms with Crippen LogP contribution in [0, 0.1) is 11.8 Å². The lowest BCUT2D eigenvalue weighted by atomic mass is 9.65. The van der Waals surface area contributed by atoms with Crippen LogP contribution in [0.2, 0.25) is 0 Å². The van der Waals surface area contributed by atoms with Crippen molar-refractivity contribution in [3.8, 4) is 0 Å². The van der Waals surface area contributed by atoms with Crippen LogP contribution in [-0.2, 0) is 0 Å². The first-order valence-electron chi connectivity index (χ1n) is 3.79. The van der Waals surface area contributed by atoms with E-state index >= 15 is 0 Å². The van der Waals surface area contributed by atoms with Gasteiger partial charge in [0, 0.05) is 4.87 Å². The van der Waals surface area contributed by atoms with E-state index in [1.807, 2.05) is 0 Å². The lowest BCUT2D eigenvalue weighted by Crippen LogP contribution is -2.46. The number of alkyl halides is 1. The summed E-state index contributed by atoms with van der Waals surface area (Å²) in [5, 5.41) is 0. The van der Waals surface area contributed by atoms with Crippen LogP contribution in [-0.4, -0.2) is 4.87 Å². The highest BCUT2D eigenvalue weighted by Crippen LogP contribution is 2.50. The van der Waals surface area contributed by atoms with E-state index in [1.165, 1.54) is 6.42 Å². The van der Waals surface area contributed by atoms with Gasteiger partial charge in [0.2, 0.25) is 0 Å². The molecule has 1 aliphatic carbocycles. The molecule has 3 unspecified atom stereocenters. The Bertz CT molecular complexity index is 111. The molecule has 0 heterocycles. The van der Waals surface area contributed by atoms with E-state index in [-0.39, 0.29) is 4.87 Å². The molecule has 1 saturated carbocycles. The first kappa shape index (κ1) is 7.40. The highest BCUT2D eigenvalue weighted by molar-refractivity contribution is 6.24. The molecule has 0 aliphatic heterocycles. The Morgan fingerprint density at radius 3 is 2.22 bits per heavy atom. The lowest BCUT2D eigenvalue weighted by Gasteiger charge is -2.48. The van der Waals surface area contributed by atoms with Gasteiger partial charge >= 0.3 is 0 Å². The molecule has 54 valence electrons. The molecule has 3 atom stereocenters. The normalized spacial score (nSPS) is 50.7. The summed E-state index contributed by atoms with van der Waals surface area (Å²) in [5.74, 6) is 1.58. The summed E-state index contributed by atoms with van der Waals surface area (Å²) >= 11 is 6.24. The summed E-state index contributed by atoms with van der Waals surface area (Å²) in [5.41, 5.74) is 0. The van der Waals surface area contributed by atoms with Crippen molar-refractivity contribution in [2.75, 3.05) is 0 Å². The average Bonchev–Trinajstić information content (AvgIpc) is 1.87. The topological polar surface area (TPSA) is 0 Å². The van der Waals surface area contributed by atoms with Crippen LogP contribution in [0.5, 0.6) is 0 Å². The molecule has 0 aromatic heterocycles. The van der Waals surface area contributed by atoms with Crippen LogP contribution < -0.4 is 0 Å². The monoisotopic (exact) mass is 146 g/mol. The fourth-order valence-electron chi connectivity index (χ4n) is 1.71. The van der Waals surface area contributed by atoms with Gasteiger partial charge in [0.25, 0.3) is 0 Å². The van der Waals surface area contributed by atoms with E-state index in [4.69, 9.17) is 11.6 Å². The van der Waals surface area contributed by atoms with E-state index in [1.54, 1.807) is 0 Å². The largest absolute Gasteiger partial charge is 0.119 e. The second kappa shape index (κ2) is 2.16. The third-order valence-corrected chi connectivity index (χ3v) is 3.68. The van der Waals surface area contributed by atoms with Crippen molar-refractivity contribution in [2.45, 2.75) is 38.5 Å². The molecule has 0 N–H and O–H groups in total. The summed E-state index contributed by atoms with van der Waals surface area (Å²) < 4.78 is 0. The number of hydrogen-bond donors (Lipinski definition) is 0. The summed E-state index contributed by atoms with van der Waals surface area (Å²) in [7, 11) is 0. The Labute approximate surface area is 62.6 Å². The van der Waals surface area contributed by atoms with Crippen molar-refractivity contribution in [1.82, 2.24) is 0 Å². The second-order valence-electron chi connectivity index (χ2n) is 3.36. The van der Waals surface area contributed by atoms with Crippen LogP contribution in [0.1, 0.15) is 33.6 Å². The van der Waals surface area contributed by atoms with Crippen LogP contribution >= 0.6 is 11.6 Å². The van der Waals surface area contributed by atoms with Crippen molar-refractivity contribution < 1.29 is 0 Å². The van der Waals surface area contributed by atoms with Gasteiger partial charge in [-0.1, -0.05) is 20.8 Å². The quantitative estimate of drug-likeness (QED) is 0.499. The molecule has 0 saturated heterocycles. The first-order chi connectivity index (χ1) is 4.10. The van der Waals surface area contributed by atoms with Crippen LogP contribution in [0.25, 0.3) is 0 Å². The standard InChI is InChI=1S/C8H15Cl/c1-4-8(9)5-6(2)7(8)3/h6-7H,4-5H2,1-3H3. The summed E-state index contributed by atoms with van der Waals surface area (Å²) in [6.45, 7) is 6.71. The smallest absolute Gasteiger partial charge is 0.0474 e. The molecule has 9 heavy (non-hydrogen) atoms. The molecule has 0 spiro atoms. The van der Waals surface area contributed by atoms with E-state index < -0.39 is 0 Å². The zero-order chi connectivity index (χ0) is 7.07. The van der Waals surface area contributed by atoms with Gasteiger partial charge in [-0.2, -0.15) is 0 Å². The van der Waals surface area contributed by atoms with Crippen molar-refractivity contribution in [3.05, 3.63) is 0 Å². The van der Waals surface area contributed by atoms with Crippen molar-refractivity contribution in [1.29, 1.82) is 0 Å². The zero-order valence-corrected chi connectivity index (χ0v) is 7.20. The molecule has 0 aromatic carbocycles. The van der Waals surface area contributed by atoms with Crippen molar-refractivity contribution >= 4 is 11.6 Å². The maximum Gasteiger partial charge on any atom is 0.0474 e. The molecule has 0 nitrogen and oxygen atoms in total. The first-order valence-corrected chi connectivity index (χ1v) is 4.17. The van der Waals surface area contributed by atoms with Crippen molar-refractivity contribution in [2.24, 2.45) is 11.8 Å². The predicted molar refractivity (Wildman–Crippen MR) is 41.8 cm³/mol.